The zero-order chi connectivity index (χ0) is 17.3. The molecule has 3 aromatic rings. The number of alkyl halides is 3. The van der Waals surface area contributed by atoms with Crippen LogP contribution in [0.5, 0.6) is 0 Å². The van der Waals surface area contributed by atoms with Crippen LogP contribution in [0.1, 0.15) is 16.1 Å². The minimum atomic E-state index is -4.62. The maximum atomic E-state index is 13.0. The van der Waals surface area contributed by atoms with Gasteiger partial charge in [-0.1, -0.05) is 30.3 Å². The Labute approximate surface area is 133 Å². The Morgan fingerprint density at radius 1 is 1.04 bits per heavy atom. The highest BCUT2D eigenvalue weighted by Crippen LogP contribution is 2.34. The van der Waals surface area contributed by atoms with E-state index in [4.69, 9.17) is 0 Å². The van der Waals surface area contributed by atoms with Crippen LogP contribution >= 0.6 is 0 Å². The lowest BCUT2D eigenvalue weighted by atomic mass is 10.1. The molecule has 0 radical (unpaired) electrons. The van der Waals surface area contributed by atoms with Crippen LogP contribution < -0.4 is 11.0 Å². The van der Waals surface area contributed by atoms with Crippen molar-refractivity contribution in [3.63, 3.8) is 0 Å². The molecule has 0 unspecified atom stereocenters. The van der Waals surface area contributed by atoms with E-state index in [2.05, 4.69) is 15.3 Å². The Kier molecular flexibility index (Phi) is 3.80. The molecule has 1 heterocycles. The first-order valence-corrected chi connectivity index (χ1v) is 6.83. The monoisotopic (exact) mass is 333 g/mol. The van der Waals surface area contributed by atoms with Crippen LogP contribution in [-0.4, -0.2) is 15.9 Å². The number of fused-ring (bicyclic) bond motifs is 1. The number of anilines is 1. The Hall–Kier alpha value is -3.16. The number of aromatic nitrogens is 2. The maximum absolute atomic E-state index is 13.0. The second kappa shape index (κ2) is 5.80. The Morgan fingerprint density at radius 3 is 2.46 bits per heavy atom. The lowest BCUT2D eigenvalue weighted by Crippen LogP contribution is -2.22. The molecule has 0 aliphatic heterocycles. The van der Waals surface area contributed by atoms with Crippen molar-refractivity contribution in [2.75, 3.05) is 5.32 Å². The van der Waals surface area contributed by atoms with Crippen LogP contribution in [-0.2, 0) is 6.18 Å². The van der Waals surface area contributed by atoms with Gasteiger partial charge in [-0.25, -0.2) is 4.79 Å². The molecule has 0 saturated heterocycles. The van der Waals surface area contributed by atoms with Gasteiger partial charge in [-0.3, -0.25) is 4.79 Å². The molecule has 8 heteroatoms. The largest absolute Gasteiger partial charge is 0.418 e. The highest BCUT2D eigenvalue weighted by atomic mass is 19.4. The van der Waals surface area contributed by atoms with Crippen LogP contribution in [0.2, 0.25) is 0 Å². The van der Waals surface area contributed by atoms with E-state index in [1.165, 1.54) is 12.1 Å². The highest BCUT2D eigenvalue weighted by molar-refractivity contribution is 6.10. The highest BCUT2D eigenvalue weighted by Gasteiger charge is 2.33. The van der Waals surface area contributed by atoms with Crippen molar-refractivity contribution in [1.29, 1.82) is 0 Å². The quantitative estimate of drug-likeness (QED) is 0.756. The summed E-state index contributed by atoms with van der Waals surface area (Å²) in [5.41, 5.74) is -2.02. The van der Waals surface area contributed by atoms with Crippen molar-refractivity contribution in [2.24, 2.45) is 0 Å². The van der Waals surface area contributed by atoms with Crippen molar-refractivity contribution in [1.82, 2.24) is 9.97 Å². The first kappa shape index (κ1) is 15.7. The van der Waals surface area contributed by atoms with Gasteiger partial charge >= 0.3 is 11.9 Å². The van der Waals surface area contributed by atoms with E-state index in [1.54, 1.807) is 24.3 Å². The molecular weight excluding hydrogens is 323 g/mol. The lowest BCUT2D eigenvalue weighted by Gasteiger charge is -2.13. The molecule has 24 heavy (non-hydrogen) atoms. The molecule has 2 N–H and O–H groups in total. The smallest absolute Gasteiger partial charge is 0.320 e. The van der Waals surface area contributed by atoms with Gasteiger partial charge in [-0.15, -0.1) is 0 Å². The van der Waals surface area contributed by atoms with E-state index in [0.29, 0.717) is 10.9 Å². The van der Waals surface area contributed by atoms with Crippen LogP contribution in [0.3, 0.4) is 0 Å². The molecular formula is C16H10F3N3O2. The average Bonchev–Trinajstić information content (AvgIpc) is 2.53. The number of nitrogens with one attached hydrogen (secondary N) is 2. The third kappa shape index (κ3) is 2.98. The fraction of sp³-hybridized carbons (Fsp3) is 0.0625. The van der Waals surface area contributed by atoms with E-state index in [1.807, 2.05) is 0 Å². The number of H-pyrrole nitrogens is 1. The van der Waals surface area contributed by atoms with Gasteiger partial charge in [0.05, 0.1) is 16.8 Å². The van der Waals surface area contributed by atoms with Gasteiger partial charge in [0, 0.05) is 5.39 Å². The van der Waals surface area contributed by atoms with E-state index in [-0.39, 0.29) is 5.69 Å². The number of aromatic amines is 1. The molecule has 0 spiro atoms. The summed E-state index contributed by atoms with van der Waals surface area (Å²) in [6, 6.07) is 11.0. The van der Waals surface area contributed by atoms with Crippen molar-refractivity contribution in [3.05, 3.63) is 70.3 Å². The third-order valence-electron chi connectivity index (χ3n) is 3.33. The van der Waals surface area contributed by atoms with Gasteiger partial charge < -0.3 is 10.3 Å². The van der Waals surface area contributed by atoms with Crippen LogP contribution in [0.25, 0.3) is 10.9 Å². The van der Waals surface area contributed by atoms with Gasteiger partial charge in [-0.05, 0) is 18.2 Å². The summed E-state index contributed by atoms with van der Waals surface area (Å²) in [5.74, 6) is -0.894. The lowest BCUT2D eigenvalue weighted by molar-refractivity contribution is -0.136. The fourth-order valence-electron chi connectivity index (χ4n) is 2.30. The SMILES string of the molecule is O=C(Nc1ccccc1C(F)(F)F)c1nc(=O)[nH]c2ccccc12. The van der Waals surface area contributed by atoms with Crippen molar-refractivity contribution < 1.29 is 18.0 Å². The summed E-state index contributed by atoms with van der Waals surface area (Å²) >= 11 is 0. The van der Waals surface area contributed by atoms with E-state index in [0.717, 1.165) is 12.1 Å². The van der Waals surface area contributed by atoms with Crippen molar-refractivity contribution in [3.8, 4) is 0 Å². The van der Waals surface area contributed by atoms with Crippen LogP contribution in [0.4, 0.5) is 18.9 Å². The summed E-state index contributed by atoms with van der Waals surface area (Å²) in [6.07, 6.45) is -4.62. The standard InChI is InChI=1S/C16H10F3N3O2/c17-16(18,19)10-6-2-4-8-12(10)20-14(23)13-9-5-1-3-7-11(9)21-15(24)22-13/h1-8H,(H,20,23)(H,21,22,24). The van der Waals surface area contributed by atoms with Crippen LogP contribution in [0, 0.1) is 0 Å². The minimum absolute atomic E-state index is 0.244. The topological polar surface area (TPSA) is 74.8 Å². The number of hydrogen-bond donors (Lipinski definition) is 2. The summed E-state index contributed by atoms with van der Waals surface area (Å²) in [5, 5.41) is 2.51. The fourth-order valence-corrected chi connectivity index (χ4v) is 2.30. The van der Waals surface area contributed by atoms with Crippen LogP contribution in [0.15, 0.2) is 53.3 Å². The van der Waals surface area contributed by atoms with Gasteiger partial charge in [-0.2, -0.15) is 18.2 Å². The minimum Gasteiger partial charge on any atom is -0.320 e. The van der Waals surface area contributed by atoms with Gasteiger partial charge in [0.25, 0.3) is 5.91 Å². The Balaban J connectivity index is 2.05. The summed E-state index contributed by atoms with van der Waals surface area (Å²) < 4.78 is 39.0. The number of hydrogen-bond acceptors (Lipinski definition) is 3. The Morgan fingerprint density at radius 2 is 1.71 bits per heavy atom. The zero-order valence-corrected chi connectivity index (χ0v) is 12.0. The zero-order valence-electron chi connectivity index (χ0n) is 12.0. The molecule has 0 fully saturated rings. The molecule has 0 bridgehead atoms. The predicted molar refractivity (Wildman–Crippen MR) is 81.8 cm³/mol. The summed E-state index contributed by atoms with van der Waals surface area (Å²) in [6.45, 7) is 0. The number of halogens is 3. The predicted octanol–water partition coefficient (Wildman–Crippen LogP) is 3.19. The summed E-state index contributed by atoms with van der Waals surface area (Å²) in [7, 11) is 0. The first-order chi connectivity index (χ1) is 11.4. The average molecular weight is 333 g/mol. The molecule has 122 valence electrons. The molecule has 1 aromatic heterocycles. The van der Waals surface area contributed by atoms with Crippen molar-refractivity contribution in [2.45, 2.75) is 6.18 Å². The summed E-state index contributed by atoms with van der Waals surface area (Å²) in [4.78, 5) is 30.0. The molecule has 1 amide bonds. The van der Waals surface area contributed by atoms with Crippen molar-refractivity contribution >= 4 is 22.5 Å². The molecule has 0 aliphatic rings. The van der Waals surface area contributed by atoms with Gasteiger partial charge in [0.1, 0.15) is 5.69 Å². The molecule has 3 rings (SSSR count). The maximum Gasteiger partial charge on any atom is 0.418 e. The van der Waals surface area contributed by atoms with E-state index >= 15 is 0 Å². The van der Waals surface area contributed by atoms with E-state index < -0.39 is 29.0 Å². The molecule has 2 aromatic carbocycles. The second-order valence-electron chi connectivity index (χ2n) is 4.93. The molecule has 0 aliphatic carbocycles. The molecule has 0 atom stereocenters. The first-order valence-electron chi connectivity index (χ1n) is 6.83. The third-order valence-corrected chi connectivity index (χ3v) is 3.33. The Bertz CT molecular complexity index is 980. The van der Waals surface area contributed by atoms with E-state index in [9.17, 15) is 22.8 Å². The number of para-hydroxylation sites is 2. The van der Waals surface area contributed by atoms with Gasteiger partial charge in [0.15, 0.2) is 0 Å². The molecule has 5 nitrogen and oxygen atoms in total. The molecule has 0 saturated carbocycles. The van der Waals surface area contributed by atoms with Gasteiger partial charge in [0.2, 0.25) is 0 Å². The number of carbonyl (C=O) groups excluding carboxylic acids is 1. The number of amides is 1. The number of benzene rings is 2. The normalized spacial score (nSPS) is 11.5. The number of nitrogens with zero attached hydrogens (tertiary/aromatic N) is 1. The number of rotatable bonds is 2. The number of carbonyl (C=O) groups is 1. The second-order valence-corrected chi connectivity index (χ2v) is 4.93.